The number of nitrogens with two attached hydrogens (primary N) is 1. The summed E-state index contributed by atoms with van der Waals surface area (Å²) in [4.78, 5) is 19.9. The van der Waals surface area contributed by atoms with E-state index in [9.17, 15) is 5.11 Å². The van der Waals surface area contributed by atoms with Gasteiger partial charge in [0, 0.05) is 29.7 Å². The van der Waals surface area contributed by atoms with Gasteiger partial charge >= 0.3 is 0 Å². The van der Waals surface area contributed by atoms with E-state index < -0.39 is 5.60 Å². The largest absolute Gasteiger partial charge is 0.390 e. The van der Waals surface area contributed by atoms with E-state index in [0.717, 1.165) is 55.0 Å². The molecule has 6 nitrogen and oxygen atoms in total. The average Bonchev–Trinajstić information content (AvgIpc) is 3.52. The molecule has 5 aromatic rings. The number of aliphatic hydroxyl groups is 1. The fourth-order valence-corrected chi connectivity index (χ4v) is 6.54. The smallest absolute Gasteiger partial charge is 0.219 e. The monoisotopic (exact) mass is 497 g/mol. The lowest BCUT2D eigenvalue weighted by Gasteiger charge is -2.41. The Balaban J connectivity index is 1.36. The van der Waals surface area contributed by atoms with Gasteiger partial charge in [-0.15, -0.1) is 22.7 Å². The van der Waals surface area contributed by atoms with Crippen molar-refractivity contribution in [3.8, 4) is 42.2 Å². The van der Waals surface area contributed by atoms with Gasteiger partial charge in [-0.3, -0.25) is 0 Å². The topological polar surface area (TPSA) is 97.8 Å². The first-order valence-electron chi connectivity index (χ1n) is 11.4. The summed E-state index contributed by atoms with van der Waals surface area (Å²) in [6.07, 6.45) is 6.87. The summed E-state index contributed by atoms with van der Waals surface area (Å²) >= 11 is 3.24. The fourth-order valence-electron chi connectivity index (χ4n) is 4.51. The van der Waals surface area contributed by atoms with E-state index in [2.05, 4.69) is 63.5 Å². The van der Waals surface area contributed by atoms with Crippen LogP contribution in [0.5, 0.6) is 0 Å². The molecule has 0 saturated heterocycles. The molecule has 6 rings (SSSR count). The van der Waals surface area contributed by atoms with Crippen LogP contribution in [0.4, 0.5) is 5.95 Å². The van der Waals surface area contributed by atoms with Gasteiger partial charge in [0.25, 0.3) is 0 Å². The van der Waals surface area contributed by atoms with E-state index in [1.807, 2.05) is 19.2 Å². The Morgan fingerprint density at radius 3 is 2.23 bits per heavy atom. The van der Waals surface area contributed by atoms with Crippen molar-refractivity contribution in [1.82, 2.24) is 19.9 Å². The summed E-state index contributed by atoms with van der Waals surface area (Å²) in [6, 6.07) is 19.0. The molecule has 2 aromatic carbocycles. The van der Waals surface area contributed by atoms with Gasteiger partial charge < -0.3 is 10.8 Å². The zero-order valence-electron chi connectivity index (χ0n) is 19.0. The highest BCUT2D eigenvalue weighted by Gasteiger charge is 2.38. The lowest BCUT2D eigenvalue weighted by atomic mass is 9.69. The molecule has 3 heterocycles. The van der Waals surface area contributed by atoms with Crippen LogP contribution in [0, 0.1) is 0 Å². The Kier molecular flexibility index (Phi) is 5.44. The fraction of sp³-hybridized carbons (Fsp3) is 0.185. The lowest BCUT2D eigenvalue weighted by Crippen LogP contribution is -2.39. The number of aromatic nitrogens is 4. The summed E-state index contributed by atoms with van der Waals surface area (Å²) in [7, 11) is 0. The second kappa shape index (κ2) is 8.64. The molecule has 0 atom stereocenters. The molecule has 0 spiro atoms. The van der Waals surface area contributed by atoms with Gasteiger partial charge in [-0.25, -0.2) is 19.9 Å². The van der Waals surface area contributed by atoms with Crippen molar-refractivity contribution in [3.63, 3.8) is 0 Å². The van der Waals surface area contributed by atoms with Gasteiger partial charge in [0.05, 0.1) is 21.0 Å². The third kappa shape index (κ3) is 4.36. The first-order chi connectivity index (χ1) is 16.9. The Hall–Kier alpha value is -3.46. The zero-order valence-corrected chi connectivity index (χ0v) is 20.7. The number of thiazole rings is 2. The molecule has 8 heteroatoms. The molecule has 0 unspecified atom stereocenters. The number of nitrogen functional groups attached to an aromatic ring is 1. The first-order valence-corrected chi connectivity index (χ1v) is 13.0. The lowest BCUT2D eigenvalue weighted by molar-refractivity contribution is -0.0313. The molecule has 3 aromatic heterocycles. The van der Waals surface area contributed by atoms with Crippen LogP contribution < -0.4 is 5.73 Å². The quantitative estimate of drug-likeness (QED) is 0.297. The zero-order chi connectivity index (χ0) is 24.0. The Bertz CT molecular complexity index is 1470. The highest BCUT2D eigenvalue weighted by Crippen LogP contribution is 2.46. The number of rotatable bonds is 5. The predicted molar refractivity (Wildman–Crippen MR) is 142 cm³/mol. The summed E-state index contributed by atoms with van der Waals surface area (Å²) in [5.74, 6) is 0.669. The van der Waals surface area contributed by atoms with E-state index in [1.165, 1.54) is 5.56 Å². The van der Waals surface area contributed by atoms with Crippen molar-refractivity contribution in [2.75, 3.05) is 5.73 Å². The third-order valence-corrected chi connectivity index (χ3v) is 8.65. The van der Waals surface area contributed by atoms with Crippen LogP contribution >= 0.6 is 22.7 Å². The third-order valence-electron chi connectivity index (χ3n) is 6.33. The SMILES string of the molecule is CC1(O)CC(c2ccc(-c3nc(-c4cnc(-c5cnc(N)nc5)s4)sc3-c3ccccc3)cc2)C1. The normalized spacial score (nSPS) is 19.4. The van der Waals surface area contributed by atoms with Crippen molar-refractivity contribution in [2.24, 2.45) is 0 Å². The van der Waals surface area contributed by atoms with Crippen molar-refractivity contribution in [3.05, 3.63) is 78.8 Å². The second-order valence-corrected chi connectivity index (χ2v) is 11.2. The highest BCUT2D eigenvalue weighted by atomic mass is 32.1. The Labute approximate surface area is 211 Å². The molecule has 0 radical (unpaired) electrons. The van der Waals surface area contributed by atoms with Crippen molar-refractivity contribution in [1.29, 1.82) is 0 Å². The summed E-state index contributed by atoms with van der Waals surface area (Å²) in [6.45, 7) is 1.91. The molecule has 1 aliphatic rings. The Morgan fingerprint density at radius 1 is 0.829 bits per heavy atom. The molecular formula is C27H23N5OS2. The van der Waals surface area contributed by atoms with Crippen LogP contribution in [-0.2, 0) is 0 Å². The van der Waals surface area contributed by atoms with E-state index in [0.29, 0.717) is 5.92 Å². The number of hydrogen-bond acceptors (Lipinski definition) is 8. The minimum atomic E-state index is -0.528. The molecule has 0 bridgehead atoms. The molecule has 1 saturated carbocycles. The predicted octanol–water partition coefficient (Wildman–Crippen LogP) is 6.27. The minimum Gasteiger partial charge on any atom is -0.390 e. The number of hydrogen-bond donors (Lipinski definition) is 2. The van der Waals surface area contributed by atoms with Gasteiger partial charge in [-0.2, -0.15) is 0 Å². The van der Waals surface area contributed by atoms with Crippen LogP contribution in [0.25, 0.3) is 42.2 Å². The van der Waals surface area contributed by atoms with Crippen molar-refractivity contribution >= 4 is 28.6 Å². The van der Waals surface area contributed by atoms with Crippen LogP contribution in [0.3, 0.4) is 0 Å². The van der Waals surface area contributed by atoms with Crippen LogP contribution in [0.15, 0.2) is 73.2 Å². The van der Waals surface area contributed by atoms with Crippen molar-refractivity contribution < 1.29 is 5.11 Å². The van der Waals surface area contributed by atoms with Crippen LogP contribution in [-0.4, -0.2) is 30.6 Å². The number of benzene rings is 2. The van der Waals surface area contributed by atoms with E-state index in [1.54, 1.807) is 35.1 Å². The standard InChI is InChI=1S/C27H23N5OS2/c1-27(33)11-19(12-27)16-7-9-17(10-8-16)22-23(18-5-3-2-4-6-18)35-25(32-22)21-15-29-24(34-21)20-13-30-26(28)31-14-20/h2-10,13-15,19,33H,11-12H2,1H3,(H2,28,30,31). The first kappa shape index (κ1) is 22.0. The summed E-state index contributed by atoms with van der Waals surface area (Å²) in [5, 5.41) is 11.9. The maximum absolute atomic E-state index is 10.1. The van der Waals surface area contributed by atoms with Gasteiger partial charge in [0.1, 0.15) is 10.0 Å². The van der Waals surface area contributed by atoms with E-state index >= 15 is 0 Å². The maximum atomic E-state index is 10.1. The maximum Gasteiger partial charge on any atom is 0.219 e. The number of anilines is 1. The molecule has 1 aliphatic carbocycles. The van der Waals surface area contributed by atoms with Gasteiger partial charge in [-0.05, 0) is 36.8 Å². The number of nitrogens with zero attached hydrogens (tertiary/aromatic N) is 4. The van der Waals surface area contributed by atoms with E-state index in [4.69, 9.17) is 10.7 Å². The van der Waals surface area contributed by atoms with E-state index in [-0.39, 0.29) is 5.95 Å². The summed E-state index contributed by atoms with van der Waals surface area (Å²) < 4.78 is 0. The van der Waals surface area contributed by atoms with Crippen molar-refractivity contribution in [2.45, 2.75) is 31.3 Å². The molecular weight excluding hydrogens is 474 g/mol. The molecule has 0 amide bonds. The molecule has 1 fully saturated rings. The average molecular weight is 498 g/mol. The van der Waals surface area contributed by atoms with Gasteiger partial charge in [-0.1, -0.05) is 54.6 Å². The summed E-state index contributed by atoms with van der Waals surface area (Å²) in [5.41, 5.74) is 10.4. The van der Waals surface area contributed by atoms with Crippen LogP contribution in [0.2, 0.25) is 0 Å². The minimum absolute atomic E-state index is 0.247. The molecule has 0 aliphatic heterocycles. The van der Waals surface area contributed by atoms with Gasteiger partial charge in [0.2, 0.25) is 5.95 Å². The van der Waals surface area contributed by atoms with Gasteiger partial charge in [0.15, 0.2) is 0 Å². The Morgan fingerprint density at radius 2 is 1.54 bits per heavy atom. The molecule has 35 heavy (non-hydrogen) atoms. The molecule has 174 valence electrons. The van der Waals surface area contributed by atoms with Crippen LogP contribution in [0.1, 0.15) is 31.2 Å². The second-order valence-electron chi connectivity index (χ2n) is 9.15. The molecule has 3 N–H and O–H groups in total. The highest BCUT2D eigenvalue weighted by molar-refractivity contribution is 7.25.